The van der Waals surface area contributed by atoms with E-state index >= 15 is 0 Å². The summed E-state index contributed by atoms with van der Waals surface area (Å²) >= 11 is 1.19. The second kappa shape index (κ2) is 10.4. The van der Waals surface area contributed by atoms with E-state index in [1.807, 2.05) is 19.9 Å². The van der Waals surface area contributed by atoms with Gasteiger partial charge in [-0.3, -0.25) is 14.2 Å². The van der Waals surface area contributed by atoms with E-state index in [1.165, 1.54) is 35.6 Å². The molecule has 0 unspecified atom stereocenters. The van der Waals surface area contributed by atoms with Crippen LogP contribution in [0.4, 0.5) is 0 Å². The number of hydrogen-bond donors (Lipinski definition) is 0. The Bertz CT molecular complexity index is 1450. The molecule has 8 nitrogen and oxygen atoms in total. The largest absolute Gasteiger partial charge is 0.467 e. The van der Waals surface area contributed by atoms with Gasteiger partial charge in [0.05, 0.1) is 42.1 Å². The van der Waals surface area contributed by atoms with Crippen molar-refractivity contribution in [1.82, 2.24) is 14.1 Å². The van der Waals surface area contributed by atoms with Crippen molar-refractivity contribution >= 4 is 34.4 Å². The number of carbonyl (C=O) groups is 2. The standard InChI is InChI=1S/C26H27N3O5S/c1-5-10-28-16(2)12-21(17(28)3)23(30)15-35-26-27-22-13-18(25(32)33-4)8-9-20(22)24(31)29(26)14-19-7-6-11-34-19/h6-9,11-13H,5,10,14-15H2,1-4H3. The molecule has 182 valence electrons. The molecule has 0 bridgehead atoms. The molecule has 0 aliphatic heterocycles. The number of carbonyl (C=O) groups excluding carboxylic acids is 2. The fourth-order valence-corrected chi connectivity index (χ4v) is 4.99. The topological polar surface area (TPSA) is 96.3 Å². The number of Topliss-reactive ketones (excluding diaryl/α,β-unsaturated/α-hetero) is 1. The molecule has 0 atom stereocenters. The lowest BCUT2D eigenvalue weighted by atomic mass is 10.1. The average Bonchev–Trinajstić information content (AvgIpc) is 3.47. The van der Waals surface area contributed by atoms with Gasteiger partial charge >= 0.3 is 5.97 Å². The Labute approximate surface area is 206 Å². The van der Waals surface area contributed by atoms with Gasteiger partial charge < -0.3 is 13.7 Å². The lowest BCUT2D eigenvalue weighted by Crippen LogP contribution is -2.24. The molecule has 1 aromatic carbocycles. The first-order valence-electron chi connectivity index (χ1n) is 11.3. The zero-order chi connectivity index (χ0) is 25.1. The number of fused-ring (bicyclic) bond motifs is 1. The second-order valence-corrected chi connectivity index (χ2v) is 9.18. The summed E-state index contributed by atoms with van der Waals surface area (Å²) in [6.07, 6.45) is 2.52. The van der Waals surface area contributed by atoms with E-state index in [2.05, 4.69) is 16.5 Å². The van der Waals surface area contributed by atoms with Gasteiger partial charge in [-0.15, -0.1) is 0 Å². The van der Waals surface area contributed by atoms with Crippen LogP contribution >= 0.6 is 11.8 Å². The first-order chi connectivity index (χ1) is 16.8. The number of methoxy groups -OCH3 is 1. The van der Waals surface area contributed by atoms with Crippen LogP contribution in [0.1, 0.15) is 51.2 Å². The van der Waals surface area contributed by atoms with Gasteiger partial charge in [0.1, 0.15) is 5.76 Å². The highest BCUT2D eigenvalue weighted by Gasteiger charge is 2.19. The van der Waals surface area contributed by atoms with Crippen LogP contribution < -0.4 is 5.56 Å². The molecule has 35 heavy (non-hydrogen) atoms. The fourth-order valence-electron chi connectivity index (χ4n) is 4.11. The number of hydrogen-bond acceptors (Lipinski definition) is 7. The van der Waals surface area contributed by atoms with Gasteiger partial charge in [0.15, 0.2) is 10.9 Å². The Morgan fingerprint density at radius 3 is 2.63 bits per heavy atom. The predicted octanol–water partition coefficient (Wildman–Crippen LogP) is 4.63. The van der Waals surface area contributed by atoms with Gasteiger partial charge in [-0.1, -0.05) is 18.7 Å². The zero-order valence-corrected chi connectivity index (χ0v) is 21.0. The number of nitrogens with zero attached hydrogens (tertiary/aromatic N) is 3. The summed E-state index contributed by atoms with van der Waals surface area (Å²) in [5.41, 5.74) is 3.05. The van der Waals surface area contributed by atoms with Crippen molar-refractivity contribution in [1.29, 1.82) is 0 Å². The van der Waals surface area contributed by atoms with E-state index in [4.69, 9.17) is 9.15 Å². The molecule has 0 spiro atoms. The van der Waals surface area contributed by atoms with Gasteiger partial charge in [0, 0.05) is 23.5 Å². The van der Waals surface area contributed by atoms with Crippen LogP contribution in [0.3, 0.4) is 0 Å². The van der Waals surface area contributed by atoms with Crippen LogP contribution in [0.25, 0.3) is 10.9 Å². The van der Waals surface area contributed by atoms with Crippen LogP contribution in [0.5, 0.6) is 0 Å². The lowest BCUT2D eigenvalue weighted by Gasteiger charge is -2.12. The molecule has 3 aromatic heterocycles. The van der Waals surface area contributed by atoms with Crippen LogP contribution in [0.15, 0.2) is 57.0 Å². The lowest BCUT2D eigenvalue weighted by molar-refractivity contribution is 0.0600. The SMILES string of the molecule is CCCn1c(C)cc(C(=O)CSc2nc3cc(C(=O)OC)ccc3c(=O)n2Cc2ccco2)c1C. The van der Waals surface area contributed by atoms with Gasteiger partial charge in [0.25, 0.3) is 5.56 Å². The zero-order valence-electron chi connectivity index (χ0n) is 20.2. The molecule has 0 aliphatic rings. The van der Waals surface area contributed by atoms with Crippen molar-refractivity contribution in [2.45, 2.75) is 45.4 Å². The van der Waals surface area contributed by atoms with E-state index < -0.39 is 5.97 Å². The summed E-state index contributed by atoms with van der Waals surface area (Å²) in [5.74, 6) is 0.159. The maximum absolute atomic E-state index is 13.4. The molecule has 0 radical (unpaired) electrons. The van der Waals surface area contributed by atoms with Crippen molar-refractivity contribution in [2.24, 2.45) is 0 Å². The van der Waals surface area contributed by atoms with Crippen LogP contribution in [0.2, 0.25) is 0 Å². The second-order valence-electron chi connectivity index (χ2n) is 8.24. The summed E-state index contributed by atoms with van der Waals surface area (Å²) < 4.78 is 13.9. The minimum atomic E-state index is -0.514. The highest BCUT2D eigenvalue weighted by atomic mass is 32.2. The van der Waals surface area contributed by atoms with Gasteiger partial charge in [0.2, 0.25) is 0 Å². The van der Waals surface area contributed by atoms with Crippen molar-refractivity contribution in [3.63, 3.8) is 0 Å². The summed E-state index contributed by atoms with van der Waals surface area (Å²) in [5, 5.41) is 0.736. The maximum Gasteiger partial charge on any atom is 0.337 e. The number of rotatable bonds is 9. The quantitative estimate of drug-likeness (QED) is 0.145. The summed E-state index contributed by atoms with van der Waals surface area (Å²) in [7, 11) is 1.30. The highest BCUT2D eigenvalue weighted by Crippen LogP contribution is 2.23. The van der Waals surface area contributed by atoms with E-state index in [1.54, 1.807) is 24.5 Å². The molecule has 4 aromatic rings. The minimum Gasteiger partial charge on any atom is -0.467 e. The van der Waals surface area contributed by atoms with Crippen LogP contribution in [-0.2, 0) is 17.8 Å². The Kier molecular flexibility index (Phi) is 7.25. The normalized spacial score (nSPS) is 11.2. The first kappa shape index (κ1) is 24.5. The molecule has 0 saturated carbocycles. The number of thioether (sulfide) groups is 1. The molecular formula is C26H27N3O5S. The number of furan rings is 1. The van der Waals surface area contributed by atoms with Crippen LogP contribution in [-0.4, -0.2) is 38.7 Å². The molecule has 0 saturated heterocycles. The number of esters is 1. The van der Waals surface area contributed by atoms with E-state index in [0.29, 0.717) is 32.9 Å². The summed E-state index contributed by atoms with van der Waals surface area (Å²) in [6.45, 7) is 7.09. The Hall–Kier alpha value is -3.59. The number of aryl methyl sites for hydroxylation is 1. The third kappa shape index (κ3) is 4.95. The molecule has 0 fully saturated rings. The Morgan fingerprint density at radius 1 is 1.14 bits per heavy atom. The minimum absolute atomic E-state index is 0.0346. The number of ether oxygens (including phenoxy) is 1. The molecular weight excluding hydrogens is 466 g/mol. The molecule has 0 amide bonds. The maximum atomic E-state index is 13.4. The summed E-state index contributed by atoms with van der Waals surface area (Å²) in [6, 6.07) is 10.1. The molecule has 0 aliphatic carbocycles. The molecule has 9 heteroatoms. The number of ketones is 1. The number of aromatic nitrogens is 3. The molecule has 3 heterocycles. The van der Waals surface area contributed by atoms with E-state index in [0.717, 1.165) is 24.4 Å². The third-order valence-corrected chi connectivity index (χ3v) is 6.87. The van der Waals surface area contributed by atoms with Crippen molar-refractivity contribution < 1.29 is 18.7 Å². The van der Waals surface area contributed by atoms with Gasteiger partial charge in [-0.05, 0) is 56.7 Å². The van der Waals surface area contributed by atoms with Gasteiger partial charge in [-0.25, -0.2) is 9.78 Å². The predicted molar refractivity (Wildman–Crippen MR) is 134 cm³/mol. The van der Waals surface area contributed by atoms with E-state index in [9.17, 15) is 14.4 Å². The van der Waals surface area contributed by atoms with Crippen molar-refractivity contribution in [3.05, 3.63) is 81.3 Å². The average molecular weight is 494 g/mol. The first-order valence-corrected chi connectivity index (χ1v) is 12.3. The monoisotopic (exact) mass is 493 g/mol. The van der Waals surface area contributed by atoms with Crippen molar-refractivity contribution in [3.8, 4) is 0 Å². The van der Waals surface area contributed by atoms with Gasteiger partial charge in [-0.2, -0.15) is 0 Å². The van der Waals surface area contributed by atoms with Crippen molar-refractivity contribution in [2.75, 3.05) is 12.9 Å². The summed E-state index contributed by atoms with van der Waals surface area (Å²) in [4.78, 5) is 43.2. The highest BCUT2D eigenvalue weighted by molar-refractivity contribution is 7.99. The third-order valence-electron chi connectivity index (χ3n) is 5.89. The number of benzene rings is 1. The molecule has 0 N–H and O–H groups in total. The Morgan fingerprint density at radius 2 is 1.94 bits per heavy atom. The smallest absolute Gasteiger partial charge is 0.337 e. The van der Waals surface area contributed by atoms with E-state index in [-0.39, 0.29) is 23.6 Å². The Balaban J connectivity index is 1.71. The molecule has 4 rings (SSSR count). The van der Waals surface area contributed by atoms with Crippen LogP contribution in [0, 0.1) is 13.8 Å². The fraction of sp³-hybridized carbons (Fsp3) is 0.308.